The van der Waals surface area contributed by atoms with Gasteiger partial charge < -0.3 is 52.1 Å². The molecule has 12 nitrogen and oxygen atoms in total. The van der Waals surface area contributed by atoms with Gasteiger partial charge in [0.1, 0.15) is 48.8 Å². The van der Waals surface area contributed by atoms with Crippen LogP contribution in [0.5, 0.6) is 0 Å². The molecule has 2 aliphatic rings. The van der Waals surface area contributed by atoms with Gasteiger partial charge in [-0.3, -0.25) is 5.41 Å². The maximum Gasteiger partial charge on any atom is 0.265 e. The van der Waals surface area contributed by atoms with Gasteiger partial charge in [-0.25, -0.2) is 0 Å². The number of rotatable bonds is 26. The molecule has 2 saturated heterocycles. The van der Waals surface area contributed by atoms with Crippen molar-refractivity contribution >= 4 is 40.7 Å². The summed E-state index contributed by atoms with van der Waals surface area (Å²) in [5.41, 5.74) is 6.45. The summed E-state index contributed by atoms with van der Waals surface area (Å²) < 4.78 is 73.7. The number of ether oxygens (including phenoxy) is 11. The van der Waals surface area contributed by atoms with E-state index in [1.54, 1.807) is 0 Å². The summed E-state index contributed by atoms with van der Waals surface area (Å²) in [7, 11) is 0. The maximum atomic E-state index is 8.81. The first-order valence-corrected chi connectivity index (χ1v) is 27.2. The van der Waals surface area contributed by atoms with Crippen molar-refractivity contribution in [1.29, 1.82) is 5.41 Å². The zero-order valence-corrected chi connectivity index (χ0v) is 45.2. The molecule has 0 spiro atoms. The van der Waals surface area contributed by atoms with Gasteiger partial charge >= 0.3 is 0 Å². The fraction of sp³-hybridized carbons (Fsp3) is 0.317. The maximum absolute atomic E-state index is 8.81. The number of hydrogen-bond donors (Lipinski definition) is 1. The first kappa shape index (κ1) is 57.2. The molecule has 0 radical (unpaired) electrons. The summed E-state index contributed by atoms with van der Waals surface area (Å²) in [6.07, 6.45) is -10.1. The van der Waals surface area contributed by atoms with E-state index in [0.717, 1.165) is 38.9 Å². The van der Waals surface area contributed by atoms with Crippen LogP contribution in [0.25, 0.3) is 0 Å². The minimum Gasteiger partial charge on any atom is -0.445 e. The Kier molecular flexibility index (Phi) is 21.7. The quantitative estimate of drug-likeness (QED) is 0.0316. The van der Waals surface area contributed by atoms with E-state index in [4.69, 9.17) is 92.3 Å². The molecule has 0 amide bonds. The van der Waals surface area contributed by atoms with Gasteiger partial charge in [-0.1, -0.05) is 247 Å². The molecule has 2 fully saturated rings. The number of nitrogens with one attached hydrogen (secondary N) is 1. The Morgan fingerprint density at radius 1 is 0.346 bits per heavy atom. The van der Waals surface area contributed by atoms with Gasteiger partial charge in [0.15, 0.2) is 6.29 Å². The lowest BCUT2D eigenvalue weighted by Gasteiger charge is -2.50. The van der Waals surface area contributed by atoms with Crippen LogP contribution < -0.4 is 0 Å². The van der Waals surface area contributed by atoms with Crippen LogP contribution in [-0.2, 0) is 98.4 Å². The molecular weight excluding hydrogens is 1050 g/mol. The molecule has 78 heavy (non-hydrogen) atoms. The van der Waals surface area contributed by atoms with Crippen LogP contribution in [0.4, 0.5) is 0 Å². The highest BCUT2D eigenvalue weighted by molar-refractivity contribution is 6.76. The van der Waals surface area contributed by atoms with E-state index in [1.807, 2.05) is 212 Å². The summed E-state index contributed by atoms with van der Waals surface area (Å²) in [6, 6.07) is 68.8. The molecule has 15 heteroatoms. The topological polar surface area (TPSA) is 125 Å². The Hall–Kier alpha value is -5.52. The normalized spacial score (nSPS) is 23.4. The smallest absolute Gasteiger partial charge is 0.265 e. The lowest BCUT2D eigenvalue weighted by atomic mass is 9.95. The third-order valence-electron chi connectivity index (χ3n) is 13.2. The van der Waals surface area contributed by atoms with Crippen molar-refractivity contribution in [2.24, 2.45) is 0 Å². The van der Waals surface area contributed by atoms with Crippen LogP contribution in [0.15, 0.2) is 212 Å². The molecule has 2 aliphatic heterocycles. The lowest BCUT2D eigenvalue weighted by Crippen LogP contribution is -2.66. The van der Waals surface area contributed by atoms with Gasteiger partial charge in [0.05, 0.1) is 59.5 Å². The van der Waals surface area contributed by atoms with Gasteiger partial charge in [-0.05, 0) is 38.9 Å². The fourth-order valence-corrected chi connectivity index (χ4v) is 9.37. The fourth-order valence-electron chi connectivity index (χ4n) is 9.23. The molecule has 408 valence electrons. The van der Waals surface area contributed by atoms with Crippen LogP contribution in [0.3, 0.4) is 0 Å². The molecule has 10 atom stereocenters. The van der Waals surface area contributed by atoms with Crippen molar-refractivity contribution in [2.75, 3.05) is 13.2 Å². The molecule has 0 aliphatic carbocycles. The predicted octanol–water partition coefficient (Wildman–Crippen LogP) is 12.5. The van der Waals surface area contributed by atoms with E-state index in [0.29, 0.717) is 6.61 Å². The number of hydrogen-bond acceptors (Lipinski definition) is 12. The molecule has 0 aromatic heterocycles. The highest BCUT2D eigenvalue weighted by Crippen LogP contribution is 2.38. The molecule has 7 aromatic carbocycles. The monoisotopic (exact) mass is 1120 g/mol. The highest BCUT2D eigenvalue weighted by Gasteiger charge is 2.55. The average Bonchev–Trinajstić information content (AvgIpc) is 3.54. The first-order chi connectivity index (χ1) is 38.2. The standard InChI is InChI=1S/C63H64Cl3NO11/c64-63(65,66)62(67)78-61-59(74-42-51-34-20-7-21-35-51)57(72-40-49-30-16-5-17-31-49)55(53(76-61)44-69-37-46-24-10-2-11-25-46)77-60-58(73-41-50-32-18-6-19-33-50)56(71-39-48-28-14-4-15-29-48)54(70-38-47-26-12-3-13-27-47)52(75-60)43-68-36-45-22-8-1-9-23-45/h1-35,52-61,67H,36-44H2/t52-,53-,54+,55-,56+,57+,58-,59-,60+,61+/m1/s1. The summed E-state index contributed by atoms with van der Waals surface area (Å²) in [5.74, 6) is -0.681. The number of halogens is 3. The van der Waals surface area contributed by atoms with Crippen molar-refractivity contribution in [2.45, 2.75) is 111 Å². The molecule has 0 saturated carbocycles. The van der Waals surface area contributed by atoms with Crippen molar-refractivity contribution in [3.63, 3.8) is 0 Å². The zero-order valence-electron chi connectivity index (χ0n) is 43.0. The van der Waals surface area contributed by atoms with Gasteiger partial charge in [-0.2, -0.15) is 0 Å². The molecule has 9 rings (SSSR count). The van der Waals surface area contributed by atoms with Crippen molar-refractivity contribution in [1.82, 2.24) is 0 Å². The van der Waals surface area contributed by atoms with Gasteiger partial charge in [-0.15, -0.1) is 0 Å². The minimum absolute atomic E-state index is 0.0558. The molecule has 2 heterocycles. The minimum atomic E-state index is -2.24. The predicted molar refractivity (Wildman–Crippen MR) is 299 cm³/mol. The molecule has 0 bridgehead atoms. The Morgan fingerprint density at radius 2 is 0.615 bits per heavy atom. The summed E-state index contributed by atoms with van der Waals surface area (Å²) in [5, 5.41) is 8.81. The van der Waals surface area contributed by atoms with E-state index >= 15 is 0 Å². The van der Waals surface area contributed by atoms with E-state index in [9.17, 15) is 0 Å². The van der Waals surface area contributed by atoms with E-state index in [-0.39, 0.29) is 52.9 Å². The van der Waals surface area contributed by atoms with Crippen molar-refractivity contribution < 1.29 is 52.1 Å². The molecule has 1 N–H and O–H groups in total. The number of alkyl halides is 3. The third-order valence-corrected chi connectivity index (χ3v) is 13.7. The Bertz CT molecular complexity index is 2790. The van der Waals surface area contributed by atoms with E-state index in [1.165, 1.54) is 0 Å². The third kappa shape index (κ3) is 17.0. The lowest BCUT2D eigenvalue weighted by molar-refractivity contribution is -0.373. The summed E-state index contributed by atoms with van der Waals surface area (Å²) in [6.45, 7) is 1.37. The van der Waals surface area contributed by atoms with E-state index in [2.05, 4.69) is 0 Å². The molecule has 0 unspecified atom stereocenters. The Labute approximate surface area is 471 Å². The highest BCUT2D eigenvalue weighted by atomic mass is 35.6. The summed E-state index contributed by atoms with van der Waals surface area (Å²) in [4.78, 5) is 0. The van der Waals surface area contributed by atoms with E-state index < -0.39 is 71.1 Å². The Morgan fingerprint density at radius 3 is 0.962 bits per heavy atom. The largest absolute Gasteiger partial charge is 0.445 e. The van der Waals surface area contributed by atoms with Crippen LogP contribution in [0.1, 0.15) is 38.9 Å². The van der Waals surface area contributed by atoms with Crippen molar-refractivity contribution in [3.05, 3.63) is 251 Å². The van der Waals surface area contributed by atoms with Crippen molar-refractivity contribution in [3.8, 4) is 0 Å². The van der Waals surface area contributed by atoms with Crippen LogP contribution in [0, 0.1) is 5.41 Å². The van der Waals surface area contributed by atoms with Gasteiger partial charge in [0, 0.05) is 0 Å². The molecular formula is C63H64Cl3NO11. The molecule has 7 aromatic rings. The van der Waals surface area contributed by atoms with Crippen LogP contribution >= 0.6 is 34.8 Å². The zero-order chi connectivity index (χ0) is 53.8. The van der Waals surface area contributed by atoms with Crippen LogP contribution in [0.2, 0.25) is 0 Å². The van der Waals surface area contributed by atoms with Crippen LogP contribution in [-0.4, -0.2) is 84.3 Å². The van der Waals surface area contributed by atoms with Gasteiger partial charge in [0.2, 0.25) is 12.2 Å². The second-order valence-electron chi connectivity index (χ2n) is 18.9. The first-order valence-electron chi connectivity index (χ1n) is 26.0. The SMILES string of the molecule is N=C(O[C@@H]1O[C@H](COCc2ccccc2)[C@@H](O[C@@H]2O[C@H](COCc3ccccc3)[C@H](OCc3ccccc3)[C@H](OCc3ccccc3)[C@H]2OCc2ccccc2)[C@H](OCc2ccccc2)[C@H]1OCc1ccccc1)C(Cl)(Cl)Cl. The number of benzene rings is 7. The Balaban J connectivity index is 1.14. The second kappa shape index (κ2) is 29.6. The van der Waals surface area contributed by atoms with Gasteiger partial charge in [0.25, 0.3) is 3.79 Å². The second-order valence-corrected chi connectivity index (χ2v) is 21.2. The average molecular weight is 1120 g/mol. The summed E-state index contributed by atoms with van der Waals surface area (Å²) >= 11 is 18.9.